The molecule has 5 rings (SSSR count). The Morgan fingerprint density at radius 3 is 3.00 bits per heavy atom. The van der Waals surface area contributed by atoms with E-state index in [1.165, 1.54) is 0 Å². The van der Waals surface area contributed by atoms with Crippen molar-refractivity contribution in [1.82, 2.24) is 30.3 Å². The number of pyridine rings is 1. The third kappa shape index (κ3) is 4.36. The van der Waals surface area contributed by atoms with Gasteiger partial charge in [0, 0.05) is 72.4 Å². The molecular weight excluding hydrogens is 424 g/mol. The molecule has 0 saturated carbocycles. The lowest BCUT2D eigenvalue weighted by Gasteiger charge is -2.29. The lowest BCUT2D eigenvalue weighted by molar-refractivity contribution is 0.188. The number of H-pyrrole nitrogens is 1. The summed E-state index contributed by atoms with van der Waals surface area (Å²) < 4.78 is 0. The molecule has 8 heteroatoms. The molecule has 4 heterocycles. The van der Waals surface area contributed by atoms with Crippen LogP contribution in [0.1, 0.15) is 28.9 Å². The molecule has 1 atom stereocenters. The highest BCUT2D eigenvalue weighted by Gasteiger charge is 2.29. The highest BCUT2D eigenvalue weighted by molar-refractivity contribution is 6.31. The Labute approximate surface area is 192 Å². The van der Waals surface area contributed by atoms with Gasteiger partial charge in [0.1, 0.15) is 0 Å². The number of carbonyl (C=O) groups is 1. The second kappa shape index (κ2) is 8.92. The number of nitrogens with one attached hydrogen (secondary N) is 2. The van der Waals surface area contributed by atoms with Crippen LogP contribution in [0.15, 0.2) is 42.6 Å². The van der Waals surface area contributed by atoms with Crippen LogP contribution in [-0.2, 0) is 19.5 Å². The largest absolute Gasteiger partial charge is 0.334 e. The first-order valence-corrected chi connectivity index (χ1v) is 11.4. The van der Waals surface area contributed by atoms with E-state index >= 15 is 0 Å². The van der Waals surface area contributed by atoms with Crippen LogP contribution in [0.25, 0.3) is 11.3 Å². The van der Waals surface area contributed by atoms with E-state index in [2.05, 4.69) is 31.5 Å². The molecule has 7 nitrogen and oxygen atoms in total. The average Bonchev–Trinajstić information content (AvgIpc) is 3.41. The summed E-state index contributed by atoms with van der Waals surface area (Å²) in [5.41, 5.74) is 6.24. The summed E-state index contributed by atoms with van der Waals surface area (Å²) >= 11 is 6.31. The van der Waals surface area contributed by atoms with Gasteiger partial charge in [0.25, 0.3) is 0 Å². The first-order chi connectivity index (χ1) is 15.6. The van der Waals surface area contributed by atoms with E-state index in [0.29, 0.717) is 13.1 Å². The standard InChI is InChI=1S/C24H27ClN6O/c1-16-12-17(6-9-26-16)23-20-15-31(11-8-22(20)28-29-23)24(32)27-19-7-10-30(14-19)13-18-4-2-3-5-21(18)25/h2-6,9,12,19H,7-8,10-11,13-15H2,1H3,(H,27,32)(H,28,29)/t19-/m1/s1. The van der Waals surface area contributed by atoms with E-state index in [4.69, 9.17) is 11.6 Å². The second-order valence-electron chi connectivity index (χ2n) is 8.65. The molecule has 1 aromatic carbocycles. The van der Waals surface area contributed by atoms with Crippen LogP contribution >= 0.6 is 11.6 Å². The minimum atomic E-state index is -0.00157. The molecule has 2 aliphatic heterocycles. The maximum Gasteiger partial charge on any atom is 0.317 e. The fourth-order valence-electron chi connectivity index (χ4n) is 4.63. The number of urea groups is 1. The van der Waals surface area contributed by atoms with Crippen LogP contribution in [0.3, 0.4) is 0 Å². The maximum absolute atomic E-state index is 13.0. The molecule has 0 bridgehead atoms. The quantitative estimate of drug-likeness (QED) is 0.634. The summed E-state index contributed by atoms with van der Waals surface area (Å²) in [5, 5.41) is 11.7. The van der Waals surface area contributed by atoms with Crippen LogP contribution in [0.2, 0.25) is 5.02 Å². The highest BCUT2D eigenvalue weighted by atomic mass is 35.5. The number of amides is 2. The van der Waals surface area contributed by atoms with Crippen molar-refractivity contribution in [1.29, 1.82) is 0 Å². The zero-order chi connectivity index (χ0) is 22.1. The molecule has 2 N–H and O–H groups in total. The first-order valence-electron chi connectivity index (χ1n) is 11.1. The van der Waals surface area contributed by atoms with Gasteiger partial charge < -0.3 is 10.2 Å². The monoisotopic (exact) mass is 450 g/mol. The van der Waals surface area contributed by atoms with E-state index < -0.39 is 0 Å². The Morgan fingerprint density at radius 2 is 2.16 bits per heavy atom. The van der Waals surface area contributed by atoms with Crippen molar-refractivity contribution >= 4 is 17.6 Å². The molecule has 2 amide bonds. The van der Waals surface area contributed by atoms with Crippen molar-refractivity contribution < 1.29 is 4.79 Å². The van der Waals surface area contributed by atoms with Crippen molar-refractivity contribution in [3.63, 3.8) is 0 Å². The number of nitrogens with zero attached hydrogens (tertiary/aromatic N) is 4. The van der Waals surface area contributed by atoms with Gasteiger partial charge in [-0.2, -0.15) is 5.10 Å². The Hall–Kier alpha value is -2.90. The smallest absolute Gasteiger partial charge is 0.317 e. The minimum Gasteiger partial charge on any atom is -0.334 e. The van der Waals surface area contributed by atoms with E-state index in [1.54, 1.807) is 6.20 Å². The number of likely N-dealkylation sites (tertiary alicyclic amines) is 1. The van der Waals surface area contributed by atoms with Crippen molar-refractivity contribution in [2.45, 2.75) is 38.9 Å². The summed E-state index contributed by atoms with van der Waals surface area (Å²) in [4.78, 5) is 21.6. The molecule has 166 valence electrons. The number of hydrogen-bond acceptors (Lipinski definition) is 4. The van der Waals surface area contributed by atoms with Gasteiger partial charge in [-0.15, -0.1) is 0 Å². The Bertz CT molecular complexity index is 1130. The lowest BCUT2D eigenvalue weighted by atomic mass is 10.0. The summed E-state index contributed by atoms with van der Waals surface area (Å²) in [7, 11) is 0. The van der Waals surface area contributed by atoms with Gasteiger partial charge in [-0.3, -0.25) is 15.0 Å². The normalized spacial score (nSPS) is 18.6. The number of aromatic amines is 1. The Balaban J connectivity index is 1.21. The molecule has 1 saturated heterocycles. The van der Waals surface area contributed by atoms with Gasteiger partial charge in [0.2, 0.25) is 0 Å². The van der Waals surface area contributed by atoms with Crippen LogP contribution in [-0.4, -0.2) is 56.7 Å². The first kappa shape index (κ1) is 21.0. The molecule has 0 unspecified atom stereocenters. The number of benzene rings is 1. The predicted molar refractivity (Wildman–Crippen MR) is 124 cm³/mol. The number of aryl methyl sites for hydroxylation is 1. The third-order valence-corrected chi connectivity index (χ3v) is 6.71. The van der Waals surface area contributed by atoms with Crippen LogP contribution < -0.4 is 5.32 Å². The van der Waals surface area contributed by atoms with Crippen molar-refractivity contribution in [2.24, 2.45) is 0 Å². The minimum absolute atomic E-state index is 0.00157. The average molecular weight is 451 g/mol. The number of halogens is 1. The summed E-state index contributed by atoms with van der Waals surface area (Å²) in [6.07, 6.45) is 3.53. The maximum atomic E-state index is 13.0. The zero-order valence-corrected chi connectivity index (χ0v) is 18.9. The van der Waals surface area contributed by atoms with Crippen LogP contribution in [0.4, 0.5) is 4.79 Å². The third-order valence-electron chi connectivity index (χ3n) is 6.34. The summed E-state index contributed by atoms with van der Waals surface area (Å²) in [5.74, 6) is 0. The van der Waals surface area contributed by atoms with Gasteiger partial charge in [-0.05, 0) is 37.1 Å². The molecule has 1 fully saturated rings. The topological polar surface area (TPSA) is 77.2 Å². The van der Waals surface area contributed by atoms with Gasteiger partial charge in [-0.25, -0.2) is 4.79 Å². The molecule has 0 aliphatic carbocycles. The SMILES string of the molecule is Cc1cc(-c2n[nH]c3c2CN(C(=O)N[C@@H]2CCN(Cc4ccccc4Cl)C2)CC3)ccn1. The highest BCUT2D eigenvalue weighted by Crippen LogP contribution is 2.28. The summed E-state index contributed by atoms with van der Waals surface area (Å²) in [6.45, 7) is 5.81. The van der Waals surface area contributed by atoms with Crippen LogP contribution in [0, 0.1) is 6.92 Å². The number of carbonyl (C=O) groups excluding carboxylic acids is 1. The number of aromatic nitrogens is 3. The number of fused-ring (bicyclic) bond motifs is 1. The molecular formula is C24H27ClN6O. The van der Waals surface area contributed by atoms with Gasteiger partial charge in [-0.1, -0.05) is 29.8 Å². The fourth-order valence-corrected chi connectivity index (χ4v) is 4.82. The van der Waals surface area contributed by atoms with Crippen molar-refractivity contribution in [3.05, 3.63) is 70.1 Å². The van der Waals surface area contributed by atoms with Crippen molar-refractivity contribution in [2.75, 3.05) is 19.6 Å². The van der Waals surface area contributed by atoms with Gasteiger partial charge in [0.05, 0.1) is 12.2 Å². The fraction of sp³-hybridized carbons (Fsp3) is 0.375. The molecule has 32 heavy (non-hydrogen) atoms. The molecule has 3 aromatic rings. The van der Waals surface area contributed by atoms with Gasteiger partial charge >= 0.3 is 6.03 Å². The van der Waals surface area contributed by atoms with Crippen LogP contribution in [0.5, 0.6) is 0 Å². The van der Waals surface area contributed by atoms with E-state index in [9.17, 15) is 4.79 Å². The van der Waals surface area contributed by atoms with Gasteiger partial charge in [0.15, 0.2) is 0 Å². The molecule has 2 aliphatic rings. The molecule has 0 spiro atoms. The number of hydrogen-bond donors (Lipinski definition) is 2. The van der Waals surface area contributed by atoms with Crippen molar-refractivity contribution in [3.8, 4) is 11.3 Å². The second-order valence-corrected chi connectivity index (χ2v) is 9.06. The lowest BCUT2D eigenvalue weighted by Crippen LogP contribution is -2.47. The van der Waals surface area contributed by atoms with E-state index in [0.717, 1.165) is 71.3 Å². The summed E-state index contributed by atoms with van der Waals surface area (Å²) in [6, 6.07) is 12.1. The predicted octanol–water partition coefficient (Wildman–Crippen LogP) is 3.78. The van der Waals surface area contributed by atoms with E-state index in [-0.39, 0.29) is 12.1 Å². The Kier molecular flexibility index (Phi) is 5.85. The van der Waals surface area contributed by atoms with E-state index in [1.807, 2.05) is 42.2 Å². The molecule has 0 radical (unpaired) electrons. The zero-order valence-electron chi connectivity index (χ0n) is 18.1. The Morgan fingerprint density at radius 1 is 1.28 bits per heavy atom. The number of rotatable bonds is 4. The molecule has 2 aromatic heterocycles.